The maximum absolute atomic E-state index is 9.32. The van der Waals surface area contributed by atoms with Gasteiger partial charge in [0.2, 0.25) is 0 Å². The summed E-state index contributed by atoms with van der Waals surface area (Å²) in [4.78, 5) is 0. The monoisotopic (exact) mass is 188 g/mol. The molecular weight excluding hydrogens is 172 g/mol. The van der Waals surface area contributed by atoms with Gasteiger partial charge in [-0.2, -0.15) is 0 Å². The predicted octanol–water partition coefficient (Wildman–Crippen LogP) is 2.70. The van der Waals surface area contributed by atoms with Crippen LogP contribution in [0.25, 0.3) is 0 Å². The Morgan fingerprint density at radius 2 is 1.93 bits per heavy atom. The van der Waals surface area contributed by atoms with Crippen LogP contribution in [-0.4, -0.2) is 11.2 Å². The number of hydrogen-bond acceptors (Lipinski definition) is 1. The molecule has 1 aliphatic rings. The van der Waals surface area contributed by atoms with E-state index in [9.17, 15) is 5.11 Å². The van der Waals surface area contributed by atoms with Crippen LogP contribution in [0.15, 0.2) is 42.0 Å². The molecule has 1 heteroatoms. The fraction of sp³-hybridized carbons (Fsp3) is 0.385. The summed E-state index contributed by atoms with van der Waals surface area (Å²) in [5.41, 5.74) is 2.80. The van der Waals surface area contributed by atoms with Crippen LogP contribution in [0.3, 0.4) is 0 Å². The van der Waals surface area contributed by atoms with Crippen molar-refractivity contribution in [2.24, 2.45) is 0 Å². The van der Waals surface area contributed by atoms with E-state index in [-0.39, 0.29) is 6.10 Å². The van der Waals surface area contributed by atoms with Crippen LogP contribution in [-0.2, 0) is 6.42 Å². The van der Waals surface area contributed by atoms with Crippen LogP contribution in [0.5, 0.6) is 0 Å². The first-order valence-corrected chi connectivity index (χ1v) is 5.26. The maximum atomic E-state index is 9.32. The van der Waals surface area contributed by atoms with E-state index in [1.54, 1.807) is 0 Å². The van der Waals surface area contributed by atoms with Crippen LogP contribution in [0.1, 0.15) is 24.8 Å². The van der Waals surface area contributed by atoms with E-state index in [1.165, 1.54) is 11.1 Å². The van der Waals surface area contributed by atoms with Gasteiger partial charge in [0.15, 0.2) is 0 Å². The number of hydrogen-bond donors (Lipinski definition) is 1. The Morgan fingerprint density at radius 1 is 1.14 bits per heavy atom. The number of aliphatic hydroxyl groups is 1. The summed E-state index contributed by atoms with van der Waals surface area (Å²) in [6, 6.07) is 10.5. The zero-order valence-corrected chi connectivity index (χ0v) is 8.32. The highest BCUT2D eigenvalue weighted by molar-refractivity contribution is 5.18. The lowest BCUT2D eigenvalue weighted by atomic mass is 10.0. The molecule has 1 N–H and O–H groups in total. The fourth-order valence-electron chi connectivity index (χ4n) is 1.93. The van der Waals surface area contributed by atoms with Crippen LogP contribution in [0.2, 0.25) is 0 Å². The van der Waals surface area contributed by atoms with Gasteiger partial charge in [-0.25, -0.2) is 0 Å². The van der Waals surface area contributed by atoms with E-state index < -0.39 is 0 Å². The van der Waals surface area contributed by atoms with Crippen molar-refractivity contribution in [1.82, 2.24) is 0 Å². The molecule has 0 aliphatic heterocycles. The third-order valence-corrected chi connectivity index (χ3v) is 2.77. The molecule has 1 aromatic carbocycles. The zero-order chi connectivity index (χ0) is 9.80. The van der Waals surface area contributed by atoms with Crippen molar-refractivity contribution in [2.75, 3.05) is 0 Å². The Labute approximate surface area is 85.1 Å². The molecular formula is C13H16O. The first kappa shape index (κ1) is 9.47. The zero-order valence-electron chi connectivity index (χ0n) is 8.32. The SMILES string of the molecule is O[C@@H]1C=C(CCc2ccccc2)CC1. The normalized spacial score (nSPS) is 20.9. The Balaban J connectivity index is 1.86. The van der Waals surface area contributed by atoms with Gasteiger partial charge in [-0.3, -0.25) is 0 Å². The van der Waals surface area contributed by atoms with Crippen LogP contribution >= 0.6 is 0 Å². The molecule has 14 heavy (non-hydrogen) atoms. The van der Waals surface area contributed by atoms with Crippen molar-refractivity contribution in [3.05, 3.63) is 47.5 Å². The van der Waals surface area contributed by atoms with Gasteiger partial charge in [0, 0.05) is 0 Å². The average molecular weight is 188 g/mol. The Hall–Kier alpha value is -1.08. The van der Waals surface area contributed by atoms with Gasteiger partial charge >= 0.3 is 0 Å². The third-order valence-electron chi connectivity index (χ3n) is 2.77. The molecule has 0 amide bonds. The molecule has 0 saturated heterocycles. The summed E-state index contributed by atoms with van der Waals surface area (Å²) in [6.07, 6.45) is 6.03. The molecule has 0 saturated carbocycles. The average Bonchev–Trinajstić information content (AvgIpc) is 2.63. The molecule has 0 fully saturated rings. The standard InChI is InChI=1S/C13H16O/c14-13-9-8-12(10-13)7-6-11-4-2-1-3-5-11/h1-5,10,13-14H,6-9H2/t13-/m0/s1. The summed E-state index contributed by atoms with van der Waals surface area (Å²) in [5.74, 6) is 0. The lowest BCUT2D eigenvalue weighted by molar-refractivity contribution is 0.223. The first-order valence-electron chi connectivity index (χ1n) is 5.26. The number of aryl methyl sites for hydroxylation is 1. The van der Waals surface area contributed by atoms with E-state index in [4.69, 9.17) is 0 Å². The number of aliphatic hydroxyl groups excluding tert-OH is 1. The summed E-state index contributed by atoms with van der Waals surface area (Å²) >= 11 is 0. The van der Waals surface area contributed by atoms with E-state index >= 15 is 0 Å². The third kappa shape index (κ3) is 2.46. The van der Waals surface area contributed by atoms with Crippen LogP contribution < -0.4 is 0 Å². The first-order chi connectivity index (χ1) is 6.84. The molecule has 0 radical (unpaired) electrons. The number of rotatable bonds is 3. The van der Waals surface area contributed by atoms with E-state index in [1.807, 2.05) is 12.1 Å². The Bertz CT molecular complexity index is 313. The van der Waals surface area contributed by atoms with E-state index in [2.05, 4.69) is 24.3 Å². The molecule has 0 heterocycles. The van der Waals surface area contributed by atoms with Gasteiger partial charge < -0.3 is 5.11 Å². The van der Waals surface area contributed by atoms with Gasteiger partial charge in [0.25, 0.3) is 0 Å². The van der Waals surface area contributed by atoms with Gasteiger partial charge in [0.05, 0.1) is 6.10 Å². The highest BCUT2D eigenvalue weighted by atomic mass is 16.3. The molecule has 74 valence electrons. The highest BCUT2D eigenvalue weighted by Gasteiger charge is 2.11. The number of benzene rings is 1. The molecule has 0 bridgehead atoms. The Kier molecular flexibility index (Phi) is 3.00. The minimum Gasteiger partial charge on any atom is -0.389 e. The van der Waals surface area contributed by atoms with Gasteiger partial charge in [-0.1, -0.05) is 42.0 Å². The van der Waals surface area contributed by atoms with E-state index in [0.29, 0.717) is 0 Å². The summed E-state index contributed by atoms with van der Waals surface area (Å²) in [5, 5.41) is 9.32. The maximum Gasteiger partial charge on any atom is 0.0726 e. The van der Waals surface area contributed by atoms with Crippen molar-refractivity contribution in [1.29, 1.82) is 0 Å². The predicted molar refractivity (Wildman–Crippen MR) is 58.1 cm³/mol. The van der Waals surface area contributed by atoms with Crippen molar-refractivity contribution < 1.29 is 5.11 Å². The molecule has 2 rings (SSSR count). The van der Waals surface area contributed by atoms with Crippen molar-refractivity contribution in [3.8, 4) is 0 Å². The van der Waals surface area contributed by atoms with Crippen LogP contribution in [0.4, 0.5) is 0 Å². The largest absolute Gasteiger partial charge is 0.389 e. The van der Waals surface area contributed by atoms with Crippen molar-refractivity contribution in [2.45, 2.75) is 31.8 Å². The molecule has 0 spiro atoms. The summed E-state index contributed by atoms with van der Waals surface area (Å²) in [6.45, 7) is 0. The smallest absolute Gasteiger partial charge is 0.0726 e. The minimum atomic E-state index is -0.180. The molecule has 0 unspecified atom stereocenters. The number of allylic oxidation sites excluding steroid dienone is 1. The second kappa shape index (κ2) is 4.43. The summed E-state index contributed by atoms with van der Waals surface area (Å²) in [7, 11) is 0. The molecule has 0 aromatic heterocycles. The van der Waals surface area contributed by atoms with Crippen molar-refractivity contribution >= 4 is 0 Å². The lowest BCUT2D eigenvalue weighted by Crippen LogP contribution is -1.93. The molecule has 1 aromatic rings. The van der Waals surface area contributed by atoms with Gasteiger partial charge in [0.1, 0.15) is 0 Å². The van der Waals surface area contributed by atoms with Gasteiger partial charge in [-0.15, -0.1) is 0 Å². The second-order valence-corrected chi connectivity index (χ2v) is 3.92. The Morgan fingerprint density at radius 3 is 2.57 bits per heavy atom. The summed E-state index contributed by atoms with van der Waals surface area (Å²) < 4.78 is 0. The van der Waals surface area contributed by atoms with E-state index in [0.717, 1.165) is 25.7 Å². The van der Waals surface area contributed by atoms with Crippen LogP contribution in [0, 0.1) is 0 Å². The molecule has 1 nitrogen and oxygen atoms in total. The quantitative estimate of drug-likeness (QED) is 0.723. The minimum absolute atomic E-state index is 0.180. The van der Waals surface area contributed by atoms with Crippen molar-refractivity contribution in [3.63, 3.8) is 0 Å². The van der Waals surface area contributed by atoms with Gasteiger partial charge in [-0.05, 0) is 31.2 Å². The second-order valence-electron chi connectivity index (χ2n) is 3.92. The lowest BCUT2D eigenvalue weighted by Gasteiger charge is -2.01. The molecule has 1 atom stereocenters. The fourth-order valence-corrected chi connectivity index (χ4v) is 1.93. The topological polar surface area (TPSA) is 20.2 Å². The highest BCUT2D eigenvalue weighted by Crippen LogP contribution is 2.22. The molecule has 1 aliphatic carbocycles.